The SMILES string of the molecule is Cc1cc(C)c(C2CCNCC2)c(O)c1Cl. The molecule has 2 N–H and O–H groups in total. The number of benzene rings is 1. The summed E-state index contributed by atoms with van der Waals surface area (Å²) in [5.41, 5.74) is 3.16. The first-order chi connectivity index (χ1) is 7.61. The third kappa shape index (κ3) is 2.04. The molecule has 1 aliphatic heterocycles. The van der Waals surface area contributed by atoms with E-state index in [2.05, 4.69) is 18.3 Å². The second kappa shape index (κ2) is 4.64. The average Bonchev–Trinajstić information content (AvgIpc) is 2.28. The van der Waals surface area contributed by atoms with Crippen LogP contribution < -0.4 is 5.32 Å². The fraction of sp³-hybridized carbons (Fsp3) is 0.538. The molecule has 0 aromatic heterocycles. The molecule has 1 aromatic rings. The maximum absolute atomic E-state index is 10.2. The molecule has 0 saturated carbocycles. The molecule has 1 heterocycles. The number of rotatable bonds is 1. The first-order valence-electron chi connectivity index (χ1n) is 5.80. The van der Waals surface area contributed by atoms with Crippen molar-refractivity contribution in [1.82, 2.24) is 5.32 Å². The molecule has 0 bridgehead atoms. The molecule has 1 aliphatic rings. The Kier molecular flexibility index (Phi) is 3.41. The lowest BCUT2D eigenvalue weighted by molar-refractivity contribution is 0.423. The van der Waals surface area contributed by atoms with Crippen LogP contribution in [0.5, 0.6) is 5.75 Å². The van der Waals surface area contributed by atoms with Gasteiger partial charge in [-0.25, -0.2) is 0 Å². The third-order valence-corrected chi connectivity index (χ3v) is 3.89. The van der Waals surface area contributed by atoms with Gasteiger partial charge in [0.2, 0.25) is 0 Å². The van der Waals surface area contributed by atoms with E-state index in [-0.39, 0.29) is 0 Å². The number of phenolic OH excluding ortho intramolecular Hbond substituents is 1. The van der Waals surface area contributed by atoms with E-state index in [1.54, 1.807) is 0 Å². The number of aromatic hydroxyl groups is 1. The van der Waals surface area contributed by atoms with Gasteiger partial charge < -0.3 is 10.4 Å². The van der Waals surface area contributed by atoms with Gasteiger partial charge in [0.1, 0.15) is 5.75 Å². The fourth-order valence-electron chi connectivity index (χ4n) is 2.58. The van der Waals surface area contributed by atoms with Crippen molar-refractivity contribution in [3.05, 3.63) is 27.8 Å². The van der Waals surface area contributed by atoms with Crippen LogP contribution >= 0.6 is 11.6 Å². The summed E-state index contributed by atoms with van der Waals surface area (Å²) in [5, 5.41) is 14.0. The summed E-state index contributed by atoms with van der Waals surface area (Å²) in [6.45, 7) is 6.03. The highest BCUT2D eigenvalue weighted by Gasteiger charge is 2.22. The summed E-state index contributed by atoms with van der Waals surface area (Å²) in [7, 11) is 0. The van der Waals surface area contributed by atoms with Gasteiger partial charge in [-0.15, -0.1) is 0 Å². The van der Waals surface area contributed by atoms with Gasteiger partial charge in [0, 0.05) is 5.56 Å². The number of halogens is 1. The monoisotopic (exact) mass is 239 g/mol. The van der Waals surface area contributed by atoms with Crippen LogP contribution in [0.4, 0.5) is 0 Å². The van der Waals surface area contributed by atoms with Crippen molar-refractivity contribution < 1.29 is 5.11 Å². The molecule has 0 unspecified atom stereocenters. The number of piperidine rings is 1. The van der Waals surface area contributed by atoms with Crippen LogP contribution in [-0.2, 0) is 0 Å². The first kappa shape index (κ1) is 11.7. The summed E-state index contributed by atoms with van der Waals surface area (Å²) < 4.78 is 0. The van der Waals surface area contributed by atoms with E-state index in [9.17, 15) is 5.11 Å². The fourth-order valence-corrected chi connectivity index (χ4v) is 2.74. The molecule has 1 fully saturated rings. The number of nitrogens with one attached hydrogen (secondary N) is 1. The van der Waals surface area contributed by atoms with Gasteiger partial charge in [-0.2, -0.15) is 0 Å². The summed E-state index contributed by atoms with van der Waals surface area (Å²) in [6.07, 6.45) is 2.15. The highest BCUT2D eigenvalue weighted by atomic mass is 35.5. The second-order valence-electron chi connectivity index (χ2n) is 4.61. The molecule has 2 rings (SSSR count). The van der Waals surface area contributed by atoms with Crippen molar-refractivity contribution in [2.75, 3.05) is 13.1 Å². The molecule has 16 heavy (non-hydrogen) atoms. The minimum absolute atomic E-state index is 0.297. The summed E-state index contributed by atoms with van der Waals surface area (Å²) in [6, 6.07) is 2.07. The van der Waals surface area contributed by atoms with Gasteiger partial charge in [-0.3, -0.25) is 0 Å². The topological polar surface area (TPSA) is 32.3 Å². The molecular weight excluding hydrogens is 222 g/mol. The lowest BCUT2D eigenvalue weighted by atomic mass is 9.86. The van der Waals surface area contributed by atoms with Gasteiger partial charge >= 0.3 is 0 Å². The van der Waals surface area contributed by atoms with Crippen LogP contribution in [0.3, 0.4) is 0 Å². The molecule has 0 spiro atoms. The molecule has 3 heteroatoms. The van der Waals surface area contributed by atoms with Gasteiger partial charge in [0.15, 0.2) is 0 Å². The summed E-state index contributed by atoms with van der Waals surface area (Å²) in [5.74, 6) is 0.741. The Labute approximate surface area is 102 Å². The maximum Gasteiger partial charge on any atom is 0.138 e. The highest BCUT2D eigenvalue weighted by molar-refractivity contribution is 6.32. The number of hydrogen-bond acceptors (Lipinski definition) is 2. The summed E-state index contributed by atoms with van der Waals surface area (Å²) >= 11 is 6.11. The number of phenols is 1. The Hall–Kier alpha value is -0.730. The van der Waals surface area contributed by atoms with E-state index in [0.717, 1.165) is 42.6 Å². The van der Waals surface area contributed by atoms with Crippen LogP contribution in [0.25, 0.3) is 0 Å². The minimum Gasteiger partial charge on any atom is -0.506 e. The van der Waals surface area contributed by atoms with E-state index >= 15 is 0 Å². The normalized spacial score (nSPS) is 17.7. The zero-order valence-electron chi connectivity index (χ0n) is 9.81. The summed E-state index contributed by atoms with van der Waals surface area (Å²) in [4.78, 5) is 0. The van der Waals surface area contributed by atoms with E-state index in [1.807, 2.05) is 6.92 Å². The Morgan fingerprint density at radius 2 is 1.88 bits per heavy atom. The molecule has 0 radical (unpaired) electrons. The maximum atomic E-state index is 10.2. The van der Waals surface area contributed by atoms with Gasteiger partial charge in [0.05, 0.1) is 5.02 Å². The van der Waals surface area contributed by atoms with Crippen LogP contribution in [0.15, 0.2) is 6.07 Å². The molecule has 2 nitrogen and oxygen atoms in total. The van der Waals surface area contributed by atoms with Crippen molar-refractivity contribution in [2.45, 2.75) is 32.6 Å². The molecule has 1 saturated heterocycles. The lowest BCUT2D eigenvalue weighted by Crippen LogP contribution is -2.27. The van der Waals surface area contributed by atoms with Crippen LogP contribution in [0.1, 0.15) is 35.4 Å². The predicted octanol–water partition coefficient (Wildman–Crippen LogP) is 3.13. The van der Waals surface area contributed by atoms with Crippen LogP contribution in [0, 0.1) is 13.8 Å². The zero-order valence-corrected chi connectivity index (χ0v) is 10.6. The Morgan fingerprint density at radius 1 is 1.25 bits per heavy atom. The van der Waals surface area contributed by atoms with E-state index in [1.165, 1.54) is 0 Å². The van der Waals surface area contributed by atoms with Gasteiger partial charge in [0.25, 0.3) is 0 Å². The number of hydrogen-bond donors (Lipinski definition) is 2. The largest absolute Gasteiger partial charge is 0.506 e. The van der Waals surface area contributed by atoms with E-state index < -0.39 is 0 Å². The Morgan fingerprint density at radius 3 is 2.50 bits per heavy atom. The third-order valence-electron chi connectivity index (χ3n) is 3.41. The van der Waals surface area contributed by atoms with Crippen LogP contribution in [0.2, 0.25) is 5.02 Å². The van der Waals surface area contributed by atoms with Gasteiger partial charge in [-0.05, 0) is 56.8 Å². The predicted molar refractivity (Wildman–Crippen MR) is 67.4 cm³/mol. The molecule has 0 aliphatic carbocycles. The quantitative estimate of drug-likeness (QED) is 0.789. The van der Waals surface area contributed by atoms with Crippen molar-refractivity contribution in [3.63, 3.8) is 0 Å². The van der Waals surface area contributed by atoms with E-state index in [0.29, 0.717) is 16.7 Å². The molecule has 88 valence electrons. The van der Waals surface area contributed by atoms with Crippen LogP contribution in [-0.4, -0.2) is 18.2 Å². The second-order valence-corrected chi connectivity index (χ2v) is 4.99. The van der Waals surface area contributed by atoms with Crippen molar-refractivity contribution >= 4 is 11.6 Å². The smallest absolute Gasteiger partial charge is 0.138 e. The Balaban J connectivity index is 2.42. The number of aryl methyl sites for hydroxylation is 2. The lowest BCUT2D eigenvalue weighted by Gasteiger charge is -2.26. The average molecular weight is 240 g/mol. The highest BCUT2D eigenvalue weighted by Crippen LogP contribution is 2.40. The van der Waals surface area contributed by atoms with Crippen molar-refractivity contribution in [2.24, 2.45) is 0 Å². The van der Waals surface area contributed by atoms with E-state index in [4.69, 9.17) is 11.6 Å². The molecular formula is C13H18ClNO. The van der Waals surface area contributed by atoms with Crippen molar-refractivity contribution in [3.8, 4) is 5.75 Å². The first-order valence-corrected chi connectivity index (χ1v) is 6.18. The Bertz CT molecular complexity index is 397. The molecule has 0 atom stereocenters. The zero-order chi connectivity index (χ0) is 11.7. The molecule has 1 aromatic carbocycles. The molecule has 0 amide bonds. The van der Waals surface area contributed by atoms with Gasteiger partial charge in [-0.1, -0.05) is 17.7 Å². The minimum atomic E-state index is 0.297. The standard InChI is InChI=1S/C13H18ClNO/c1-8-7-9(2)12(14)13(16)11(8)10-3-5-15-6-4-10/h7,10,15-16H,3-6H2,1-2H3. The van der Waals surface area contributed by atoms with Crippen molar-refractivity contribution in [1.29, 1.82) is 0 Å².